The van der Waals surface area contributed by atoms with Crippen LogP contribution in [0.5, 0.6) is 11.5 Å². The molecule has 2 aromatic carbocycles. The van der Waals surface area contributed by atoms with Crippen molar-refractivity contribution in [2.45, 2.75) is 13.0 Å². The Morgan fingerprint density at radius 1 is 1.11 bits per heavy atom. The third-order valence-corrected chi connectivity index (χ3v) is 6.23. The summed E-state index contributed by atoms with van der Waals surface area (Å²) in [6, 6.07) is 19.0. The fraction of sp³-hybridized carbons (Fsp3) is 0.286. The Morgan fingerprint density at radius 3 is 2.91 bits per heavy atom. The van der Waals surface area contributed by atoms with Crippen LogP contribution in [0, 0.1) is 5.92 Å². The number of hydrogen-bond acceptors (Lipinski definition) is 6. The van der Waals surface area contributed by atoms with Crippen molar-refractivity contribution in [2.75, 3.05) is 33.4 Å². The van der Waals surface area contributed by atoms with Gasteiger partial charge in [0.25, 0.3) is 5.91 Å². The molecule has 1 amide bonds. The minimum absolute atomic E-state index is 0.0487. The number of methoxy groups -OCH3 is 1. The lowest BCUT2D eigenvalue weighted by atomic mass is 9.97. The van der Waals surface area contributed by atoms with E-state index in [1.807, 2.05) is 41.3 Å². The number of fused-ring (bicyclic) bond motifs is 1. The zero-order valence-electron chi connectivity index (χ0n) is 19.7. The van der Waals surface area contributed by atoms with E-state index in [-0.39, 0.29) is 18.4 Å². The van der Waals surface area contributed by atoms with Gasteiger partial charge < -0.3 is 23.5 Å². The molecule has 1 fully saturated rings. The predicted octanol–water partition coefficient (Wildman–Crippen LogP) is 4.75. The van der Waals surface area contributed by atoms with E-state index in [4.69, 9.17) is 18.6 Å². The molecule has 1 aliphatic heterocycles. The molecule has 4 aromatic rings. The van der Waals surface area contributed by atoms with Gasteiger partial charge in [-0.3, -0.25) is 9.78 Å². The van der Waals surface area contributed by atoms with Gasteiger partial charge in [-0.05, 0) is 54.4 Å². The van der Waals surface area contributed by atoms with Crippen LogP contribution in [-0.2, 0) is 17.8 Å². The van der Waals surface area contributed by atoms with Crippen molar-refractivity contribution >= 4 is 16.9 Å². The highest BCUT2D eigenvalue weighted by Gasteiger charge is 2.25. The summed E-state index contributed by atoms with van der Waals surface area (Å²) < 4.78 is 22.8. The topological polar surface area (TPSA) is 74.0 Å². The molecule has 1 atom stereocenters. The molecule has 3 heterocycles. The molecule has 0 radical (unpaired) electrons. The smallest absolute Gasteiger partial charge is 0.254 e. The lowest BCUT2D eigenvalue weighted by Gasteiger charge is -2.24. The fourth-order valence-electron chi connectivity index (χ4n) is 4.47. The molecule has 7 heteroatoms. The number of pyridine rings is 1. The van der Waals surface area contributed by atoms with E-state index < -0.39 is 0 Å². The Morgan fingerprint density at radius 2 is 2.06 bits per heavy atom. The molecule has 0 saturated carbocycles. The van der Waals surface area contributed by atoms with E-state index in [1.54, 1.807) is 37.8 Å². The second-order valence-electron chi connectivity index (χ2n) is 8.62. The SMILES string of the molecule is COc1ccc(C(=O)N2CCOC[C@@H](Cc3cccc4occc34)C2)cc1OCc1ccccn1. The van der Waals surface area contributed by atoms with Gasteiger partial charge in [-0.2, -0.15) is 0 Å². The normalized spacial score (nSPS) is 16.1. The molecule has 180 valence electrons. The third kappa shape index (κ3) is 5.30. The molecular weight excluding hydrogens is 444 g/mol. The Labute approximate surface area is 204 Å². The van der Waals surface area contributed by atoms with Crippen molar-refractivity contribution in [3.8, 4) is 11.5 Å². The number of aromatic nitrogens is 1. The Hall–Kier alpha value is -3.84. The number of ether oxygens (including phenoxy) is 3. The summed E-state index contributed by atoms with van der Waals surface area (Å²) in [5.74, 6) is 1.22. The number of carbonyl (C=O) groups is 1. The second-order valence-corrected chi connectivity index (χ2v) is 8.62. The zero-order chi connectivity index (χ0) is 24.0. The van der Waals surface area contributed by atoms with E-state index in [0.717, 1.165) is 23.1 Å². The van der Waals surface area contributed by atoms with Gasteiger partial charge in [0.15, 0.2) is 11.5 Å². The summed E-state index contributed by atoms with van der Waals surface area (Å²) in [5, 5.41) is 1.11. The van der Waals surface area contributed by atoms with E-state index in [9.17, 15) is 4.79 Å². The van der Waals surface area contributed by atoms with Crippen LogP contribution in [0.4, 0.5) is 0 Å². The van der Waals surface area contributed by atoms with Crippen LogP contribution < -0.4 is 9.47 Å². The average molecular weight is 473 g/mol. The first kappa shape index (κ1) is 22.9. The molecule has 2 aromatic heterocycles. The van der Waals surface area contributed by atoms with Crippen LogP contribution in [0.25, 0.3) is 11.0 Å². The number of rotatable bonds is 7. The molecule has 0 unspecified atom stereocenters. The van der Waals surface area contributed by atoms with Crippen molar-refractivity contribution in [1.82, 2.24) is 9.88 Å². The van der Waals surface area contributed by atoms with Crippen LogP contribution in [-0.4, -0.2) is 49.2 Å². The number of carbonyl (C=O) groups excluding carboxylic acids is 1. The number of nitrogens with zero attached hydrogens (tertiary/aromatic N) is 2. The summed E-state index contributed by atoms with van der Waals surface area (Å²) in [7, 11) is 1.59. The first-order valence-corrected chi connectivity index (χ1v) is 11.7. The maximum atomic E-state index is 13.5. The summed E-state index contributed by atoms with van der Waals surface area (Å²) >= 11 is 0. The lowest BCUT2D eigenvalue weighted by molar-refractivity contribution is 0.0736. The van der Waals surface area contributed by atoms with Crippen molar-refractivity contribution < 1.29 is 23.4 Å². The second kappa shape index (κ2) is 10.6. The van der Waals surface area contributed by atoms with Gasteiger partial charge in [0.05, 0.1) is 32.3 Å². The highest BCUT2D eigenvalue weighted by Crippen LogP contribution is 2.30. The third-order valence-electron chi connectivity index (χ3n) is 6.23. The van der Waals surface area contributed by atoms with Crippen LogP contribution in [0.3, 0.4) is 0 Å². The number of hydrogen-bond donors (Lipinski definition) is 0. The maximum Gasteiger partial charge on any atom is 0.254 e. The van der Waals surface area contributed by atoms with Crippen LogP contribution >= 0.6 is 0 Å². The minimum Gasteiger partial charge on any atom is -0.493 e. The van der Waals surface area contributed by atoms with Crippen molar-refractivity contribution in [2.24, 2.45) is 5.92 Å². The van der Waals surface area contributed by atoms with E-state index in [0.29, 0.717) is 43.4 Å². The molecule has 7 nitrogen and oxygen atoms in total. The molecule has 5 rings (SSSR count). The number of benzene rings is 2. The molecule has 0 spiro atoms. The Kier molecular flexibility index (Phi) is 6.95. The van der Waals surface area contributed by atoms with Gasteiger partial charge in [0, 0.05) is 36.2 Å². The number of amides is 1. The van der Waals surface area contributed by atoms with Gasteiger partial charge in [-0.15, -0.1) is 0 Å². The molecule has 0 aliphatic carbocycles. The molecular formula is C28H28N2O5. The quantitative estimate of drug-likeness (QED) is 0.387. The van der Waals surface area contributed by atoms with Gasteiger partial charge in [0.2, 0.25) is 0 Å². The maximum absolute atomic E-state index is 13.5. The minimum atomic E-state index is -0.0487. The first-order valence-electron chi connectivity index (χ1n) is 11.7. The van der Waals surface area contributed by atoms with Gasteiger partial charge in [-0.1, -0.05) is 18.2 Å². The summed E-state index contributed by atoms with van der Waals surface area (Å²) in [6.45, 7) is 2.56. The van der Waals surface area contributed by atoms with Gasteiger partial charge >= 0.3 is 0 Å². The molecule has 35 heavy (non-hydrogen) atoms. The number of furan rings is 1. The van der Waals surface area contributed by atoms with Crippen molar-refractivity contribution in [3.63, 3.8) is 0 Å². The largest absolute Gasteiger partial charge is 0.493 e. The highest BCUT2D eigenvalue weighted by atomic mass is 16.5. The monoisotopic (exact) mass is 472 g/mol. The lowest BCUT2D eigenvalue weighted by Crippen LogP contribution is -2.36. The van der Waals surface area contributed by atoms with Crippen LogP contribution in [0.2, 0.25) is 0 Å². The first-order chi connectivity index (χ1) is 17.2. The van der Waals surface area contributed by atoms with Crippen LogP contribution in [0.1, 0.15) is 21.6 Å². The van der Waals surface area contributed by atoms with Crippen molar-refractivity contribution in [1.29, 1.82) is 0 Å². The Bertz CT molecular complexity index is 1290. The summed E-state index contributed by atoms with van der Waals surface area (Å²) in [4.78, 5) is 19.7. The van der Waals surface area contributed by atoms with E-state index >= 15 is 0 Å². The van der Waals surface area contributed by atoms with Gasteiger partial charge in [0.1, 0.15) is 12.2 Å². The molecule has 0 N–H and O–H groups in total. The van der Waals surface area contributed by atoms with Gasteiger partial charge in [-0.25, -0.2) is 0 Å². The summed E-state index contributed by atoms with van der Waals surface area (Å²) in [6.07, 6.45) is 4.24. The molecule has 0 bridgehead atoms. The summed E-state index contributed by atoms with van der Waals surface area (Å²) in [5.41, 5.74) is 3.43. The standard InChI is InChI=1S/C28H28N2O5/c1-32-26-9-8-22(16-27(26)35-19-23-6-2-3-11-29-23)28(31)30-12-14-33-18-20(17-30)15-21-5-4-7-25-24(21)10-13-34-25/h2-11,13,16,20H,12,14-15,17-19H2,1H3/t20-/m0/s1. The van der Waals surface area contributed by atoms with Crippen molar-refractivity contribution in [3.05, 3.63) is 89.9 Å². The highest BCUT2D eigenvalue weighted by molar-refractivity contribution is 5.95. The van der Waals surface area contributed by atoms with E-state index in [1.165, 1.54) is 5.56 Å². The molecule has 1 aliphatic rings. The van der Waals surface area contributed by atoms with E-state index in [2.05, 4.69) is 11.1 Å². The zero-order valence-corrected chi connectivity index (χ0v) is 19.7. The molecule has 1 saturated heterocycles. The predicted molar refractivity (Wildman–Crippen MR) is 132 cm³/mol. The Balaban J connectivity index is 1.31. The van der Waals surface area contributed by atoms with Crippen LogP contribution in [0.15, 0.2) is 77.5 Å². The average Bonchev–Trinajstić information content (AvgIpc) is 3.27. The fourth-order valence-corrected chi connectivity index (χ4v) is 4.47.